The van der Waals surface area contributed by atoms with E-state index in [1.165, 1.54) is 10.9 Å². The number of aliphatic hydroxyl groups is 1. The molecule has 0 spiro atoms. The largest absolute Gasteiger partial charge is 0.420 e. The van der Waals surface area contributed by atoms with Gasteiger partial charge in [-0.1, -0.05) is 30.0 Å². The zero-order chi connectivity index (χ0) is 25.5. The number of nitrogens with zero attached hydrogens (tertiary/aromatic N) is 3. The predicted octanol–water partition coefficient (Wildman–Crippen LogP) is 3.65. The topological polar surface area (TPSA) is 127 Å². The summed E-state index contributed by atoms with van der Waals surface area (Å²) in [4.78, 5) is 15.9. The van der Waals surface area contributed by atoms with Crippen LogP contribution in [0.3, 0.4) is 0 Å². The molecule has 1 saturated carbocycles. The van der Waals surface area contributed by atoms with Gasteiger partial charge in [0, 0.05) is 29.2 Å². The lowest BCUT2D eigenvalue weighted by atomic mass is 9.98. The number of rotatable bonds is 5. The maximum atomic E-state index is 15.1. The van der Waals surface area contributed by atoms with Crippen LogP contribution in [0.1, 0.15) is 49.8 Å². The van der Waals surface area contributed by atoms with Gasteiger partial charge >= 0.3 is 5.76 Å². The summed E-state index contributed by atoms with van der Waals surface area (Å²) in [6.45, 7) is 1.74. The number of nitrogens with one attached hydrogen (secondary N) is 1. The summed E-state index contributed by atoms with van der Waals surface area (Å²) in [5, 5.41) is 10.6. The third-order valence-corrected chi connectivity index (χ3v) is 8.26. The van der Waals surface area contributed by atoms with Gasteiger partial charge in [-0.3, -0.25) is 9.29 Å². The summed E-state index contributed by atoms with van der Waals surface area (Å²) in [7, 11) is -4.34. The van der Waals surface area contributed by atoms with Gasteiger partial charge in [0.15, 0.2) is 5.58 Å². The van der Waals surface area contributed by atoms with E-state index in [4.69, 9.17) is 4.42 Å². The molecule has 186 valence electrons. The minimum absolute atomic E-state index is 0.0258. The van der Waals surface area contributed by atoms with Crippen molar-refractivity contribution in [2.75, 3.05) is 4.72 Å². The molecule has 1 aliphatic carbocycles. The fraction of sp³-hybridized carbons (Fsp3) is 0.292. The van der Waals surface area contributed by atoms with Crippen LogP contribution in [0.15, 0.2) is 56.8 Å². The molecule has 0 bridgehead atoms. The molecule has 5 rings (SSSR count). The first-order valence-corrected chi connectivity index (χ1v) is 13.4. The summed E-state index contributed by atoms with van der Waals surface area (Å²) in [5.74, 6) is 4.19. The highest BCUT2D eigenvalue weighted by Crippen LogP contribution is 2.31. The van der Waals surface area contributed by atoms with E-state index >= 15 is 4.39 Å². The highest BCUT2D eigenvalue weighted by atomic mass is 32.2. The van der Waals surface area contributed by atoms with E-state index < -0.39 is 38.1 Å². The van der Waals surface area contributed by atoms with Crippen molar-refractivity contribution in [3.63, 3.8) is 0 Å². The summed E-state index contributed by atoms with van der Waals surface area (Å²) in [6, 6.07) is 8.48. The number of sulfonamides is 1. The van der Waals surface area contributed by atoms with Crippen LogP contribution in [-0.4, -0.2) is 33.0 Å². The molecule has 0 radical (unpaired) electrons. The number of hydrogen-bond acceptors (Lipinski definition) is 8. The van der Waals surface area contributed by atoms with Crippen molar-refractivity contribution in [2.24, 2.45) is 0 Å². The lowest BCUT2D eigenvalue weighted by molar-refractivity contribution is 0.110. The van der Waals surface area contributed by atoms with Gasteiger partial charge < -0.3 is 9.52 Å². The Labute approximate surface area is 209 Å². The standard InChI is InChI=1S/C24H21FN4O5S2/c1-15(17-7-3-2-6-16(17)8-11-24(31)9-4-5-10-24)29-19-12-18(25)21(13-20(19)34-23(29)30)36(32,33)28-22-26-14-27-35-22/h2-3,6-7,12-15,31H,4-5,9-10H2,1H3,(H,26,27,28)/t15-/m1/s1. The maximum Gasteiger partial charge on any atom is 0.420 e. The summed E-state index contributed by atoms with van der Waals surface area (Å²) in [6.07, 6.45) is 4.22. The zero-order valence-electron chi connectivity index (χ0n) is 19.1. The van der Waals surface area contributed by atoms with E-state index in [0.717, 1.165) is 36.5 Å². The zero-order valence-corrected chi connectivity index (χ0v) is 20.7. The van der Waals surface area contributed by atoms with Crippen LogP contribution in [0.25, 0.3) is 11.1 Å². The third-order valence-electron chi connectivity index (χ3n) is 6.20. The predicted molar refractivity (Wildman–Crippen MR) is 132 cm³/mol. The molecule has 2 heterocycles. The average Bonchev–Trinajstić information content (AvgIpc) is 3.57. The molecule has 1 fully saturated rings. The fourth-order valence-corrected chi connectivity index (χ4v) is 6.12. The number of anilines is 1. The van der Waals surface area contributed by atoms with Crippen LogP contribution >= 0.6 is 11.5 Å². The smallest absolute Gasteiger partial charge is 0.408 e. The quantitative estimate of drug-likeness (QED) is 0.379. The van der Waals surface area contributed by atoms with Gasteiger partial charge in [-0.2, -0.15) is 4.37 Å². The van der Waals surface area contributed by atoms with Crippen molar-refractivity contribution in [2.45, 2.75) is 49.1 Å². The number of aromatic nitrogens is 3. The van der Waals surface area contributed by atoms with Crippen molar-refractivity contribution in [1.29, 1.82) is 0 Å². The van der Waals surface area contributed by atoms with Crippen LogP contribution in [0.2, 0.25) is 0 Å². The van der Waals surface area contributed by atoms with E-state index in [1.807, 2.05) is 0 Å². The van der Waals surface area contributed by atoms with E-state index in [9.17, 15) is 18.3 Å². The monoisotopic (exact) mass is 528 g/mol. The molecule has 1 aliphatic rings. The maximum absolute atomic E-state index is 15.1. The van der Waals surface area contributed by atoms with Gasteiger partial charge in [-0.25, -0.2) is 22.6 Å². The second kappa shape index (κ2) is 9.16. The molecular weight excluding hydrogens is 507 g/mol. The van der Waals surface area contributed by atoms with Gasteiger partial charge in [0.25, 0.3) is 10.0 Å². The minimum Gasteiger partial charge on any atom is -0.408 e. The Bertz CT molecular complexity index is 1660. The van der Waals surface area contributed by atoms with Crippen molar-refractivity contribution in [1.82, 2.24) is 13.9 Å². The summed E-state index contributed by atoms with van der Waals surface area (Å²) < 4.78 is 52.8. The summed E-state index contributed by atoms with van der Waals surface area (Å²) in [5.41, 5.74) is 0.272. The first kappa shape index (κ1) is 24.2. The Morgan fingerprint density at radius 3 is 2.75 bits per heavy atom. The fourth-order valence-electron chi connectivity index (χ4n) is 4.38. The lowest BCUT2D eigenvalue weighted by Crippen LogP contribution is -2.21. The van der Waals surface area contributed by atoms with Gasteiger partial charge in [0.2, 0.25) is 5.13 Å². The van der Waals surface area contributed by atoms with Crippen molar-refractivity contribution in [3.8, 4) is 11.8 Å². The first-order chi connectivity index (χ1) is 17.2. The first-order valence-electron chi connectivity index (χ1n) is 11.2. The van der Waals surface area contributed by atoms with Crippen LogP contribution in [0.5, 0.6) is 0 Å². The molecule has 0 aliphatic heterocycles. The minimum atomic E-state index is -4.34. The number of benzene rings is 2. The molecule has 0 unspecified atom stereocenters. The van der Waals surface area contributed by atoms with Crippen LogP contribution in [-0.2, 0) is 10.0 Å². The van der Waals surface area contributed by atoms with E-state index in [-0.39, 0.29) is 16.2 Å². The normalized spacial score (nSPS) is 16.0. The van der Waals surface area contributed by atoms with E-state index in [0.29, 0.717) is 24.0 Å². The molecule has 0 saturated heterocycles. The van der Waals surface area contributed by atoms with E-state index in [2.05, 4.69) is 25.9 Å². The highest BCUT2D eigenvalue weighted by molar-refractivity contribution is 7.93. The number of fused-ring (bicyclic) bond motifs is 1. The molecule has 0 amide bonds. The van der Waals surface area contributed by atoms with Gasteiger partial charge in [0.1, 0.15) is 22.6 Å². The molecule has 2 N–H and O–H groups in total. The van der Waals surface area contributed by atoms with Crippen molar-refractivity contribution < 1.29 is 22.3 Å². The molecule has 4 aromatic rings. The Kier molecular flexibility index (Phi) is 6.15. The Balaban J connectivity index is 1.55. The van der Waals surface area contributed by atoms with Crippen LogP contribution in [0.4, 0.5) is 9.52 Å². The van der Waals surface area contributed by atoms with Gasteiger partial charge in [-0.15, -0.1) is 0 Å². The van der Waals surface area contributed by atoms with Crippen LogP contribution in [0, 0.1) is 17.7 Å². The number of hydrogen-bond donors (Lipinski definition) is 2. The Morgan fingerprint density at radius 2 is 2.03 bits per heavy atom. The lowest BCUT2D eigenvalue weighted by Gasteiger charge is -2.16. The molecule has 2 aromatic heterocycles. The molecule has 1 atom stereocenters. The second-order valence-corrected chi connectivity index (χ2v) is 11.0. The average molecular weight is 529 g/mol. The van der Waals surface area contributed by atoms with E-state index in [1.54, 1.807) is 31.2 Å². The highest BCUT2D eigenvalue weighted by Gasteiger charge is 2.29. The molecule has 9 nitrogen and oxygen atoms in total. The Morgan fingerprint density at radius 1 is 1.28 bits per heavy atom. The molecule has 36 heavy (non-hydrogen) atoms. The van der Waals surface area contributed by atoms with Gasteiger partial charge in [0.05, 0.1) is 11.6 Å². The number of halogens is 1. The molecule has 12 heteroatoms. The summed E-state index contributed by atoms with van der Waals surface area (Å²) >= 11 is 0.797. The van der Waals surface area contributed by atoms with Crippen LogP contribution < -0.4 is 10.5 Å². The number of oxazole rings is 1. The van der Waals surface area contributed by atoms with Gasteiger partial charge in [-0.05, 0) is 44.2 Å². The van der Waals surface area contributed by atoms with Crippen molar-refractivity contribution in [3.05, 3.63) is 70.2 Å². The SMILES string of the molecule is C[C@H](c1ccccc1C#CC1(O)CCCC1)n1c(=O)oc2cc(S(=O)(=O)Nc3ncns3)c(F)cc21. The molecule has 2 aromatic carbocycles. The van der Waals surface area contributed by atoms with Crippen molar-refractivity contribution >= 4 is 37.8 Å². The molecular formula is C24H21FN4O5S2. The third kappa shape index (κ3) is 4.53. The second-order valence-electron chi connectivity index (χ2n) is 8.59. The Hall–Kier alpha value is -3.53.